The molecule has 6 nitrogen and oxygen atoms in total. The molecule has 2 heterocycles. The summed E-state index contributed by atoms with van der Waals surface area (Å²) < 4.78 is 1.61. The number of carboxylic acid groups (broad SMARTS) is 1. The van der Waals surface area contributed by atoms with Crippen LogP contribution in [0.25, 0.3) is 6.08 Å². The highest BCUT2D eigenvalue weighted by Gasteiger charge is 2.26. The number of hydrogen-bond donors (Lipinski definition) is 2. The second-order valence-corrected chi connectivity index (χ2v) is 4.74. The van der Waals surface area contributed by atoms with E-state index in [4.69, 9.17) is 5.11 Å². The van der Waals surface area contributed by atoms with Crippen molar-refractivity contribution in [1.29, 1.82) is 0 Å². The van der Waals surface area contributed by atoms with Crippen LogP contribution in [0.2, 0.25) is 0 Å². The fourth-order valence-corrected chi connectivity index (χ4v) is 2.39. The van der Waals surface area contributed by atoms with Gasteiger partial charge in [0, 0.05) is 19.4 Å². The lowest BCUT2D eigenvalue weighted by Gasteiger charge is -2.09. The lowest BCUT2D eigenvalue weighted by atomic mass is 10.0. The second kappa shape index (κ2) is 4.57. The molecule has 2 N–H and O–H groups in total. The molecule has 0 saturated heterocycles. The predicted molar refractivity (Wildman–Crippen MR) is 71.0 cm³/mol. The molecule has 0 amide bonds. The molecule has 3 rings (SSSR count). The van der Waals surface area contributed by atoms with Gasteiger partial charge < -0.3 is 10.2 Å². The van der Waals surface area contributed by atoms with Crippen LogP contribution in [0.1, 0.15) is 33.4 Å². The normalized spacial score (nSPS) is 14.8. The maximum absolute atomic E-state index is 11.2. The van der Waals surface area contributed by atoms with Gasteiger partial charge in [-0.05, 0) is 35.8 Å². The molecule has 0 spiro atoms. The molecule has 20 heavy (non-hydrogen) atoms. The standard InChI is InChI=1S/C14H13N3O3/c1-17-5-3-11(16-17)13(18)8-6-10-9(14(19)20)2-4-15-12(10)7-8/h2-5,7,13,18H,6H2,1H3,(H,19,20). The molecular weight excluding hydrogens is 258 g/mol. The summed E-state index contributed by atoms with van der Waals surface area (Å²) in [6, 6.07) is 3.21. The Balaban J connectivity index is 1.93. The number of aliphatic hydroxyl groups is 1. The third kappa shape index (κ3) is 2.00. The van der Waals surface area contributed by atoms with E-state index >= 15 is 0 Å². The number of aryl methyl sites for hydroxylation is 1. The van der Waals surface area contributed by atoms with Crippen LogP contribution in [0.15, 0.2) is 30.1 Å². The minimum Gasteiger partial charge on any atom is -0.478 e. The molecule has 0 saturated carbocycles. The number of carboxylic acids is 1. The van der Waals surface area contributed by atoms with Crippen molar-refractivity contribution in [2.24, 2.45) is 7.05 Å². The van der Waals surface area contributed by atoms with Crippen LogP contribution >= 0.6 is 0 Å². The summed E-state index contributed by atoms with van der Waals surface area (Å²) in [5.74, 6) is -0.981. The number of pyridine rings is 1. The first-order chi connectivity index (χ1) is 9.56. The van der Waals surface area contributed by atoms with E-state index in [0.29, 0.717) is 28.9 Å². The summed E-state index contributed by atoms with van der Waals surface area (Å²) in [7, 11) is 1.78. The quantitative estimate of drug-likeness (QED) is 0.875. The van der Waals surface area contributed by atoms with Gasteiger partial charge in [-0.15, -0.1) is 0 Å². The van der Waals surface area contributed by atoms with E-state index in [1.54, 1.807) is 30.1 Å². The highest BCUT2D eigenvalue weighted by Crippen LogP contribution is 2.33. The molecule has 1 aliphatic rings. The van der Waals surface area contributed by atoms with E-state index in [0.717, 1.165) is 0 Å². The summed E-state index contributed by atoms with van der Waals surface area (Å²) >= 11 is 0. The Morgan fingerprint density at radius 1 is 1.45 bits per heavy atom. The molecule has 2 aromatic heterocycles. The van der Waals surface area contributed by atoms with Crippen LogP contribution in [0.5, 0.6) is 0 Å². The Morgan fingerprint density at radius 3 is 2.90 bits per heavy atom. The fraction of sp³-hybridized carbons (Fsp3) is 0.214. The van der Waals surface area contributed by atoms with E-state index < -0.39 is 12.1 Å². The maximum Gasteiger partial charge on any atom is 0.336 e. The van der Waals surface area contributed by atoms with E-state index in [1.165, 1.54) is 12.3 Å². The lowest BCUT2D eigenvalue weighted by Crippen LogP contribution is -2.06. The van der Waals surface area contributed by atoms with E-state index in [1.807, 2.05) is 0 Å². The molecule has 0 aromatic carbocycles. The third-order valence-electron chi connectivity index (χ3n) is 3.39. The smallest absolute Gasteiger partial charge is 0.336 e. The molecule has 2 aromatic rings. The number of aliphatic hydroxyl groups excluding tert-OH is 1. The number of nitrogens with zero attached hydrogens (tertiary/aromatic N) is 3. The van der Waals surface area contributed by atoms with Gasteiger partial charge in [0.15, 0.2) is 0 Å². The number of hydrogen-bond acceptors (Lipinski definition) is 4. The SMILES string of the molecule is Cn1ccc(C(O)C2=Cc3nccc(C(=O)O)c3C2)n1. The molecule has 102 valence electrons. The van der Waals surface area contributed by atoms with Gasteiger partial charge in [0.05, 0.1) is 17.0 Å². The number of aromatic carboxylic acids is 1. The Hall–Kier alpha value is -2.47. The molecule has 1 atom stereocenters. The van der Waals surface area contributed by atoms with Crippen molar-refractivity contribution in [3.63, 3.8) is 0 Å². The molecule has 0 radical (unpaired) electrons. The van der Waals surface area contributed by atoms with Crippen molar-refractivity contribution in [2.75, 3.05) is 0 Å². The highest BCUT2D eigenvalue weighted by atomic mass is 16.4. The molecule has 0 bridgehead atoms. The molecule has 0 fully saturated rings. The zero-order valence-electron chi connectivity index (χ0n) is 10.8. The minimum atomic E-state index is -0.981. The zero-order chi connectivity index (χ0) is 14.3. The van der Waals surface area contributed by atoms with Crippen molar-refractivity contribution in [3.8, 4) is 0 Å². The summed E-state index contributed by atoms with van der Waals surface area (Å²) in [4.78, 5) is 15.3. The summed E-state index contributed by atoms with van der Waals surface area (Å²) in [5, 5.41) is 23.6. The van der Waals surface area contributed by atoms with Gasteiger partial charge in [-0.25, -0.2) is 4.79 Å². The molecule has 1 aliphatic carbocycles. The van der Waals surface area contributed by atoms with Crippen molar-refractivity contribution in [3.05, 3.63) is 52.6 Å². The van der Waals surface area contributed by atoms with Crippen molar-refractivity contribution < 1.29 is 15.0 Å². The molecule has 1 unspecified atom stereocenters. The Kier molecular flexibility index (Phi) is 2.87. The van der Waals surface area contributed by atoms with Gasteiger partial charge in [-0.2, -0.15) is 5.10 Å². The van der Waals surface area contributed by atoms with Gasteiger partial charge in [-0.1, -0.05) is 0 Å². The van der Waals surface area contributed by atoms with Gasteiger partial charge in [0.25, 0.3) is 0 Å². The molecule has 0 aliphatic heterocycles. The third-order valence-corrected chi connectivity index (χ3v) is 3.39. The number of rotatable bonds is 3. The van der Waals surface area contributed by atoms with E-state index in [-0.39, 0.29) is 5.56 Å². The summed E-state index contributed by atoms with van der Waals surface area (Å²) in [5.41, 5.74) is 2.73. The van der Waals surface area contributed by atoms with Gasteiger partial charge in [0.2, 0.25) is 0 Å². The van der Waals surface area contributed by atoms with Crippen LogP contribution in [0.3, 0.4) is 0 Å². The number of fused-ring (bicyclic) bond motifs is 1. The van der Waals surface area contributed by atoms with E-state index in [9.17, 15) is 9.90 Å². The van der Waals surface area contributed by atoms with Crippen LogP contribution in [0, 0.1) is 0 Å². The lowest BCUT2D eigenvalue weighted by molar-refractivity contribution is 0.0695. The number of aromatic nitrogens is 3. The monoisotopic (exact) mass is 271 g/mol. The molecule has 6 heteroatoms. The number of carbonyl (C=O) groups is 1. The Morgan fingerprint density at radius 2 is 2.25 bits per heavy atom. The largest absolute Gasteiger partial charge is 0.478 e. The topological polar surface area (TPSA) is 88.2 Å². The average molecular weight is 271 g/mol. The maximum atomic E-state index is 11.2. The van der Waals surface area contributed by atoms with Crippen LogP contribution in [-0.2, 0) is 13.5 Å². The van der Waals surface area contributed by atoms with Crippen LogP contribution < -0.4 is 0 Å². The Bertz CT molecular complexity index is 718. The first kappa shape index (κ1) is 12.6. The van der Waals surface area contributed by atoms with Crippen LogP contribution in [0.4, 0.5) is 0 Å². The van der Waals surface area contributed by atoms with Crippen molar-refractivity contribution in [1.82, 2.24) is 14.8 Å². The minimum absolute atomic E-state index is 0.231. The predicted octanol–water partition coefficient (Wildman–Crippen LogP) is 1.19. The second-order valence-electron chi connectivity index (χ2n) is 4.74. The molecular formula is C14H13N3O3. The van der Waals surface area contributed by atoms with Gasteiger partial charge in [0.1, 0.15) is 6.10 Å². The highest BCUT2D eigenvalue weighted by molar-refractivity contribution is 5.91. The Labute approximate surface area is 115 Å². The fourth-order valence-electron chi connectivity index (χ4n) is 2.39. The average Bonchev–Trinajstić information content (AvgIpc) is 3.02. The van der Waals surface area contributed by atoms with Gasteiger partial charge >= 0.3 is 5.97 Å². The summed E-state index contributed by atoms with van der Waals surface area (Å²) in [6.45, 7) is 0. The van der Waals surface area contributed by atoms with Crippen molar-refractivity contribution in [2.45, 2.75) is 12.5 Å². The van der Waals surface area contributed by atoms with Gasteiger partial charge in [-0.3, -0.25) is 9.67 Å². The summed E-state index contributed by atoms with van der Waals surface area (Å²) in [6.07, 6.45) is 4.49. The zero-order valence-corrected chi connectivity index (χ0v) is 10.8. The van der Waals surface area contributed by atoms with Crippen molar-refractivity contribution >= 4 is 12.0 Å². The first-order valence-corrected chi connectivity index (χ1v) is 6.15. The van der Waals surface area contributed by atoms with Crippen LogP contribution in [-0.4, -0.2) is 30.9 Å². The first-order valence-electron chi connectivity index (χ1n) is 6.15. The van der Waals surface area contributed by atoms with E-state index in [2.05, 4.69) is 10.1 Å².